The molecule has 2 amide bonds. The van der Waals surface area contributed by atoms with E-state index < -0.39 is 0 Å². The van der Waals surface area contributed by atoms with Gasteiger partial charge >= 0.3 is 6.03 Å². The first-order valence-electron chi connectivity index (χ1n) is 6.84. The minimum Gasteiger partial charge on any atom is -0.493 e. The van der Waals surface area contributed by atoms with E-state index >= 15 is 0 Å². The second kappa shape index (κ2) is 7.17. The van der Waals surface area contributed by atoms with Crippen LogP contribution in [0.5, 0.6) is 5.75 Å². The van der Waals surface area contributed by atoms with E-state index in [1.54, 1.807) is 18.2 Å². The molecule has 0 aliphatic carbocycles. The van der Waals surface area contributed by atoms with Crippen LogP contribution in [0.4, 0.5) is 10.5 Å². The second-order valence-electron chi connectivity index (χ2n) is 5.00. The van der Waals surface area contributed by atoms with Gasteiger partial charge in [-0.05, 0) is 18.1 Å². The molecular weight excluding hydrogens is 306 g/mol. The lowest BCUT2D eigenvalue weighted by molar-refractivity contribution is 0.250. The molecule has 1 heterocycles. The normalized spacial score (nSPS) is 10.6. The summed E-state index contributed by atoms with van der Waals surface area (Å²) in [5, 5.41) is 9.73. The first-order valence-corrected chi connectivity index (χ1v) is 7.22. The molecule has 0 saturated heterocycles. The molecule has 0 saturated carbocycles. The predicted octanol–water partition coefficient (Wildman–Crippen LogP) is 3.78. The highest BCUT2D eigenvalue weighted by Gasteiger charge is 2.12. The molecule has 0 unspecified atom stereocenters. The van der Waals surface area contributed by atoms with Crippen LogP contribution in [-0.4, -0.2) is 18.3 Å². The van der Waals surface area contributed by atoms with Gasteiger partial charge in [0.2, 0.25) is 0 Å². The third-order valence-corrected chi connectivity index (χ3v) is 3.31. The Balaban J connectivity index is 1.94. The summed E-state index contributed by atoms with van der Waals surface area (Å²) < 4.78 is 10.3. The van der Waals surface area contributed by atoms with Crippen LogP contribution in [-0.2, 0) is 6.54 Å². The Morgan fingerprint density at radius 2 is 2.23 bits per heavy atom. The van der Waals surface area contributed by atoms with Crippen LogP contribution in [0.15, 0.2) is 28.8 Å². The fourth-order valence-electron chi connectivity index (χ4n) is 1.83. The van der Waals surface area contributed by atoms with Crippen molar-refractivity contribution in [2.75, 3.05) is 12.4 Å². The van der Waals surface area contributed by atoms with Gasteiger partial charge in [0, 0.05) is 6.07 Å². The number of aromatic nitrogens is 1. The molecule has 0 spiro atoms. The van der Waals surface area contributed by atoms with Crippen molar-refractivity contribution < 1.29 is 14.1 Å². The summed E-state index contributed by atoms with van der Waals surface area (Å²) in [5.74, 6) is 1.29. The van der Waals surface area contributed by atoms with Crippen molar-refractivity contribution in [3.05, 3.63) is 40.7 Å². The van der Waals surface area contributed by atoms with Crippen LogP contribution in [0.1, 0.15) is 31.2 Å². The predicted molar refractivity (Wildman–Crippen MR) is 84.5 cm³/mol. The number of anilines is 1. The van der Waals surface area contributed by atoms with Gasteiger partial charge in [-0.1, -0.05) is 36.7 Å². The Bertz CT molecular complexity index is 655. The van der Waals surface area contributed by atoms with Gasteiger partial charge in [0.25, 0.3) is 0 Å². The standard InChI is InChI=1S/C15H18ClN3O3/c1-9(2)13-7-10(22-19-13)8-17-15(20)18-12-6-4-5-11(16)14(12)21-3/h4-7,9H,8H2,1-3H3,(H2,17,18,20). The van der Waals surface area contributed by atoms with Gasteiger partial charge in [-0.15, -0.1) is 0 Å². The minimum atomic E-state index is -0.386. The number of urea groups is 1. The topological polar surface area (TPSA) is 76.4 Å². The molecule has 1 aromatic carbocycles. The molecule has 2 N–H and O–H groups in total. The molecule has 6 nitrogen and oxygen atoms in total. The summed E-state index contributed by atoms with van der Waals surface area (Å²) in [6.45, 7) is 4.29. The SMILES string of the molecule is COc1c(Cl)cccc1NC(=O)NCc1cc(C(C)C)no1. The first-order chi connectivity index (χ1) is 10.5. The fraction of sp³-hybridized carbons (Fsp3) is 0.333. The number of carbonyl (C=O) groups is 1. The molecule has 0 bridgehead atoms. The minimum absolute atomic E-state index is 0.244. The van der Waals surface area contributed by atoms with E-state index in [0.717, 1.165) is 5.69 Å². The van der Waals surface area contributed by atoms with Crippen LogP contribution in [0, 0.1) is 0 Å². The van der Waals surface area contributed by atoms with E-state index in [-0.39, 0.29) is 18.5 Å². The lowest BCUT2D eigenvalue weighted by Gasteiger charge is -2.11. The van der Waals surface area contributed by atoms with E-state index in [1.807, 2.05) is 19.9 Å². The summed E-state index contributed by atoms with van der Waals surface area (Å²) in [6, 6.07) is 6.56. The number of nitrogens with zero attached hydrogens (tertiary/aromatic N) is 1. The van der Waals surface area contributed by atoms with Gasteiger partial charge in [0.15, 0.2) is 11.5 Å². The maximum Gasteiger partial charge on any atom is 0.319 e. The summed E-state index contributed by atoms with van der Waals surface area (Å²) in [5.41, 5.74) is 1.35. The van der Waals surface area contributed by atoms with Crippen LogP contribution in [0.2, 0.25) is 5.02 Å². The summed E-state index contributed by atoms with van der Waals surface area (Å²) in [7, 11) is 1.49. The van der Waals surface area contributed by atoms with E-state index in [9.17, 15) is 4.79 Å². The Morgan fingerprint density at radius 1 is 1.45 bits per heavy atom. The monoisotopic (exact) mass is 323 g/mol. The molecule has 0 aliphatic rings. The maximum absolute atomic E-state index is 11.9. The number of hydrogen-bond acceptors (Lipinski definition) is 4. The Morgan fingerprint density at radius 3 is 2.86 bits per heavy atom. The zero-order chi connectivity index (χ0) is 16.1. The molecule has 0 fully saturated rings. The molecule has 2 rings (SSSR count). The third-order valence-electron chi connectivity index (χ3n) is 3.01. The molecule has 0 aliphatic heterocycles. The van der Waals surface area contributed by atoms with Crippen molar-refractivity contribution in [2.24, 2.45) is 0 Å². The van der Waals surface area contributed by atoms with Crippen LogP contribution < -0.4 is 15.4 Å². The smallest absolute Gasteiger partial charge is 0.319 e. The van der Waals surface area contributed by atoms with Gasteiger partial charge in [-0.25, -0.2) is 4.79 Å². The molecular formula is C15H18ClN3O3. The number of amides is 2. The highest BCUT2D eigenvalue weighted by molar-refractivity contribution is 6.32. The zero-order valence-corrected chi connectivity index (χ0v) is 13.4. The largest absolute Gasteiger partial charge is 0.493 e. The van der Waals surface area contributed by atoms with Crippen molar-refractivity contribution in [1.29, 1.82) is 0 Å². The number of methoxy groups -OCH3 is 1. The number of benzene rings is 1. The Labute approximate surface area is 133 Å². The van der Waals surface area contributed by atoms with Crippen molar-refractivity contribution in [2.45, 2.75) is 26.3 Å². The molecule has 1 aromatic heterocycles. The van der Waals surface area contributed by atoms with Crippen molar-refractivity contribution >= 4 is 23.3 Å². The number of para-hydroxylation sites is 1. The van der Waals surface area contributed by atoms with Gasteiger partial charge < -0.3 is 19.9 Å². The van der Waals surface area contributed by atoms with Crippen LogP contribution in [0.3, 0.4) is 0 Å². The highest BCUT2D eigenvalue weighted by Crippen LogP contribution is 2.32. The van der Waals surface area contributed by atoms with Crippen molar-refractivity contribution in [3.8, 4) is 5.75 Å². The summed E-state index contributed by atoms with van der Waals surface area (Å²) >= 11 is 6.00. The average Bonchev–Trinajstić information content (AvgIpc) is 2.94. The van der Waals surface area contributed by atoms with Gasteiger partial charge in [-0.2, -0.15) is 0 Å². The summed E-state index contributed by atoms with van der Waals surface area (Å²) in [6.07, 6.45) is 0. The van der Waals surface area contributed by atoms with E-state index in [2.05, 4.69) is 15.8 Å². The first kappa shape index (κ1) is 16.2. The Hall–Kier alpha value is -2.21. The van der Waals surface area contributed by atoms with E-state index in [1.165, 1.54) is 7.11 Å². The number of carbonyl (C=O) groups excluding carboxylic acids is 1. The van der Waals surface area contributed by atoms with E-state index in [0.29, 0.717) is 22.2 Å². The lowest BCUT2D eigenvalue weighted by atomic mass is 10.1. The van der Waals surface area contributed by atoms with Crippen molar-refractivity contribution in [1.82, 2.24) is 10.5 Å². The third kappa shape index (κ3) is 3.92. The number of nitrogens with one attached hydrogen (secondary N) is 2. The van der Waals surface area contributed by atoms with Gasteiger partial charge in [0.1, 0.15) is 0 Å². The number of rotatable bonds is 5. The number of halogens is 1. The maximum atomic E-state index is 11.9. The Kier molecular flexibility index (Phi) is 5.27. The lowest BCUT2D eigenvalue weighted by Crippen LogP contribution is -2.28. The zero-order valence-electron chi connectivity index (χ0n) is 12.6. The molecule has 0 atom stereocenters. The van der Waals surface area contributed by atoms with Crippen LogP contribution >= 0.6 is 11.6 Å². The average molecular weight is 324 g/mol. The number of hydrogen-bond donors (Lipinski definition) is 2. The van der Waals surface area contributed by atoms with Crippen LogP contribution in [0.25, 0.3) is 0 Å². The molecule has 0 radical (unpaired) electrons. The molecule has 118 valence electrons. The fourth-order valence-corrected chi connectivity index (χ4v) is 2.08. The van der Waals surface area contributed by atoms with Gasteiger partial charge in [0.05, 0.1) is 30.1 Å². The van der Waals surface area contributed by atoms with E-state index in [4.69, 9.17) is 20.9 Å². The highest BCUT2D eigenvalue weighted by atomic mass is 35.5. The van der Waals surface area contributed by atoms with Gasteiger partial charge in [-0.3, -0.25) is 0 Å². The number of ether oxygens (including phenoxy) is 1. The molecule has 22 heavy (non-hydrogen) atoms. The van der Waals surface area contributed by atoms with Crippen molar-refractivity contribution in [3.63, 3.8) is 0 Å². The quantitative estimate of drug-likeness (QED) is 0.877. The summed E-state index contributed by atoms with van der Waals surface area (Å²) in [4.78, 5) is 11.9. The second-order valence-corrected chi connectivity index (χ2v) is 5.41. The molecule has 7 heteroatoms. The molecule has 2 aromatic rings.